The molecule has 0 spiro atoms. The van der Waals surface area contributed by atoms with Crippen LogP contribution in [0.1, 0.15) is 0 Å². The first-order valence-electron chi connectivity index (χ1n) is 14.1. The zero-order valence-corrected chi connectivity index (χ0v) is 22.8. The van der Waals surface area contributed by atoms with Gasteiger partial charge >= 0.3 is 0 Å². The van der Waals surface area contributed by atoms with Crippen LogP contribution in [-0.4, -0.2) is 15.0 Å². The summed E-state index contributed by atoms with van der Waals surface area (Å²) in [5.74, 6) is 1.98. The van der Waals surface area contributed by atoms with Crippen molar-refractivity contribution in [3.05, 3.63) is 152 Å². The summed E-state index contributed by atoms with van der Waals surface area (Å²) < 4.78 is 0. The topological polar surface area (TPSA) is 38.7 Å². The lowest BCUT2D eigenvalue weighted by atomic mass is 10.00. The first kappa shape index (κ1) is 24.2. The number of benzene rings is 7. The van der Waals surface area contributed by atoms with Gasteiger partial charge in [0.25, 0.3) is 0 Å². The van der Waals surface area contributed by atoms with Crippen molar-refractivity contribution in [2.24, 2.45) is 0 Å². The molecular weight excluding hydrogens is 510 g/mol. The second-order valence-electron chi connectivity index (χ2n) is 10.5. The molecule has 7 aromatic carbocycles. The Bertz CT molecular complexity index is 2140. The molecular formula is C39H25N3. The molecule has 0 aliphatic rings. The van der Waals surface area contributed by atoms with E-state index in [2.05, 4.69) is 152 Å². The lowest BCUT2D eigenvalue weighted by Gasteiger charge is -2.12. The third kappa shape index (κ3) is 4.29. The van der Waals surface area contributed by atoms with Gasteiger partial charge in [-0.05, 0) is 49.5 Å². The normalized spacial score (nSPS) is 11.3. The largest absolute Gasteiger partial charge is 0.208 e. The second-order valence-corrected chi connectivity index (χ2v) is 10.5. The van der Waals surface area contributed by atoms with E-state index < -0.39 is 0 Å². The van der Waals surface area contributed by atoms with E-state index in [0.29, 0.717) is 17.5 Å². The van der Waals surface area contributed by atoms with Gasteiger partial charge < -0.3 is 0 Å². The lowest BCUT2D eigenvalue weighted by molar-refractivity contribution is 1.08. The minimum Gasteiger partial charge on any atom is -0.208 e. The van der Waals surface area contributed by atoms with Crippen molar-refractivity contribution < 1.29 is 0 Å². The molecule has 8 aromatic rings. The zero-order valence-electron chi connectivity index (χ0n) is 22.8. The van der Waals surface area contributed by atoms with Crippen molar-refractivity contribution in [2.45, 2.75) is 0 Å². The van der Waals surface area contributed by atoms with Crippen molar-refractivity contribution in [3.63, 3.8) is 0 Å². The van der Waals surface area contributed by atoms with E-state index in [4.69, 9.17) is 15.0 Å². The molecule has 0 unspecified atom stereocenters. The third-order valence-electron chi connectivity index (χ3n) is 7.92. The Balaban J connectivity index is 1.29. The molecule has 0 aliphatic heterocycles. The molecule has 196 valence electrons. The Hall–Kier alpha value is -5.67. The fourth-order valence-electron chi connectivity index (χ4n) is 5.77. The van der Waals surface area contributed by atoms with Crippen LogP contribution in [0.4, 0.5) is 0 Å². The van der Waals surface area contributed by atoms with Crippen LogP contribution in [0, 0.1) is 0 Å². The van der Waals surface area contributed by atoms with Crippen LogP contribution >= 0.6 is 0 Å². The lowest BCUT2D eigenvalue weighted by Crippen LogP contribution is -2.01. The number of nitrogens with zero attached hydrogens (tertiary/aromatic N) is 3. The molecule has 0 amide bonds. The zero-order chi connectivity index (χ0) is 27.9. The highest BCUT2D eigenvalue weighted by molar-refractivity contribution is 5.97. The van der Waals surface area contributed by atoms with E-state index in [1.807, 2.05) is 0 Å². The molecule has 0 atom stereocenters. The van der Waals surface area contributed by atoms with Crippen LogP contribution in [0.25, 0.3) is 77.6 Å². The quantitative estimate of drug-likeness (QED) is 0.225. The van der Waals surface area contributed by atoms with E-state index in [1.165, 1.54) is 16.3 Å². The van der Waals surface area contributed by atoms with Crippen molar-refractivity contribution in [1.29, 1.82) is 0 Å². The highest BCUT2D eigenvalue weighted by Gasteiger charge is 2.16. The summed E-state index contributed by atoms with van der Waals surface area (Å²) in [6, 6.07) is 52.9. The smallest absolute Gasteiger partial charge is 0.164 e. The summed E-state index contributed by atoms with van der Waals surface area (Å²) in [6.45, 7) is 0. The van der Waals surface area contributed by atoms with Gasteiger partial charge in [-0.3, -0.25) is 0 Å². The number of rotatable bonds is 4. The van der Waals surface area contributed by atoms with Gasteiger partial charge in [0.15, 0.2) is 17.5 Å². The summed E-state index contributed by atoms with van der Waals surface area (Å²) in [6.07, 6.45) is 0. The molecule has 3 nitrogen and oxygen atoms in total. The minimum atomic E-state index is 0.654. The van der Waals surface area contributed by atoms with Crippen LogP contribution in [-0.2, 0) is 0 Å². The predicted molar refractivity (Wildman–Crippen MR) is 174 cm³/mol. The highest BCUT2D eigenvalue weighted by atomic mass is 15.0. The van der Waals surface area contributed by atoms with Crippen LogP contribution in [0.3, 0.4) is 0 Å². The van der Waals surface area contributed by atoms with Gasteiger partial charge in [-0.25, -0.2) is 15.0 Å². The molecule has 3 heteroatoms. The average molecular weight is 536 g/mol. The first-order valence-corrected chi connectivity index (χ1v) is 14.1. The van der Waals surface area contributed by atoms with Gasteiger partial charge in [0.05, 0.1) is 0 Å². The van der Waals surface area contributed by atoms with Gasteiger partial charge in [-0.15, -0.1) is 0 Å². The Morgan fingerprint density at radius 3 is 1.36 bits per heavy atom. The van der Waals surface area contributed by atoms with Gasteiger partial charge in [0.1, 0.15) is 0 Å². The molecule has 0 saturated heterocycles. The molecule has 0 fully saturated rings. The summed E-state index contributed by atoms with van der Waals surface area (Å²) >= 11 is 0. The van der Waals surface area contributed by atoms with Crippen molar-refractivity contribution in [2.75, 3.05) is 0 Å². The number of fused-ring (bicyclic) bond motifs is 3. The maximum atomic E-state index is 5.07. The maximum absolute atomic E-state index is 5.07. The fourth-order valence-corrected chi connectivity index (χ4v) is 5.77. The number of aromatic nitrogens is 3. The maximum Gasteiger partial charge on any atom is 0.164 e. The molecule has 0 aliphatic carbocycles. The van der Waals surface area contributed by atoms with Crippen molar-refractivity contribution in [3.8, 4) is 45.3 Å². The summed E-state index contributed by atoms with van der Waals surface area (Å²) in [5.41, 5.74) is 5.27. The minimum absolute atomic E-state index is 0.654. The number of hydrogen-bond donors (Lipinski definition) is 0. The molecule has 8 rings (SSSR count). The molecule has 0 bridgehead atoms. The molecule has 1 heterocycles. The Morgan fingerprint density at radius 2 is 0.738 bits per heavy atom. The van der Waals surface area contributed by atoms with Gasteiger partial charge in [-0.2, -0.15) is 0 Å². The fraction of sp³-hybridized carbons (Fsp3) is 0. The van der Waals surface area contributed by atoms with Gasteiger partial charge in [0, 0.05) is 16.7 Å². The van der Waals surface area contributed by atoms with Crippen LogP contribution < -0.4 is 0 Å². The van der Waals surface area contributed by atoms with E-state index in [9.17, 15) is 0 Å². The van der Waals surface area contributed by atoms with Crippen LogP contribution in [0.2, 0.25) is 0 Å². The standard InChI is InChI=1S/C39H25N3/c1-2-12-31-25-32(24-21-26(31)9-1)27-19-22-30(23-20-27)37-40-38(35-17-7-13-28-10-3-5-15-33(28)35)42-39(41-37)36-18-8-14-29-11-4-6-16-34(29)36/h1-25H. The molecule has 0 saturated carbocycles. The van der Waals surface area contributed by atoms with E-state index in [0.717, 1.165) is 43.8 Å². The third-order valence-corrected chi connectivity index (χ3v) is 7.92. The monoisotopic (exact) mass is 535 g/mol. The van der Waals surface area contributed by atoms with E-state index >= 15 is 0 Å². The number of hydrogen-bond acceptors (Lipinski definition) is 3. The van der Waals surface area contributed by atoms with E-state index in [-0.39, 0.29) is 0 Å². The van der Waals surface area contributed by atoms with Gasteiger partial charge in [-0.1, -0.05) is 146 Å². The van der Waals surface area contributed by atoms with Crippen LogP contribution in [0.5, 0.6) is 0 Å². The van der Waals surface area contributed by atoms with Gasteiger partial charge in [0.2, 0.25) is 0 Å². The molecule has 0 radical (unpaired) electrons. The van der Waals surface area contributed by atoms with E-state index in [1.54, 1.807) is 0 Å². The SMILES string of the molecule is c1ccc2cc(-c3ccc(-c4nc(-c5cccc6ccccc56)nc(-c5cccc6ccccc56)n4)cc3)ccc2c1. The first-order chi connectivity index (χ1) is 20.8. The summed E-state index contributed by atoms with van der Waals surface area (Å²) in [5, 5.41) is 7.02. The highest BCUT2D eigenvalue weighted by Crippen LogP contribution is 2.33. The molecule has 42 heavy (non-hydrogen) atoms. The summed E-state index contributed by atoms with van der Waals surface area (Å²) in [7, 11) is 0. The molecule has 0 N–H and O–H groups in total. The molecule has 1 aromatic heterocycles. The second kappa shape index (κ2) is 10.1. The Labute approximate surface area is 243 Å². The van der Waals surface area contributed by atoms with Crippen molar-refractivity contribution >= 4 is 32.3 Å². The average Bonchev–Trinajstić information content (AvgIpc) is 3.07. The predicted octanol–water partition coefficient (Wildman–Crippen LogP) is 10.00. The Kier molecular flexibility index (Phi) is 5.79. The van der Waals surface area contributed by atoms with Crippen molar-refractivity contribution in [1.82, 2.24) is 15.0 Å². The Morgan fingerprint density at radius 1 is 0.286 bits per heavy atom. The van der Waals surface area contributed by atoms with Crippen LogP contribution in [0.15, 0.2) is 152 Å². The summed E-state index contributed by atoms with van der Waals surface area (Å²) in [4.78, 5) is 15.2.